The zero-order valence-corrected chi connectivity index (χ0v) is 14.5. The molecule has 1 aliphatic heterocycles. The SMILES string of the molecule is Cc1c(C(=O)N2CCC(OCCCN)CC2)oc2c(C)cccc12. The lowest BCUT2D eigenvalue weighted by Crippen LogP contribution is -2.41. The van der Waals surface area contributed by atoms with Crippen LogP contribution < -0.4 is 5.73 Å². The van der Waals surface area contributed by atoms with Gasteiger partial charge in [0.2, 0.25) is 0 Å². The van der Waals surface area contributed by atoms with Crippen molar-refractivity contribution in [3.05, 3.63) is 35.1 Å². The number of likely N-dealkylation sites (tertiary alicyclic amines) is 1. The van der Waals surface area contributed by atoms with Gasteiger partial charge in [0.05, 0.1) is 6.10 Å². The van der Waals surface area contributed by atoms with Crippen LogP contribution in [0.15, 0.2) is 22.6 Å². The lowest BCUT2D eigenvalue weighted by atomic mass is 10.1. The Labute approximate surface area is 142 Å². The molecule has 0 saturated carbocycles. The maximum absolute atomic E-state index is 12.8. The molecule has 5 nitrogen and oxygen atoms in total. The Kier molecular flexibility index (Phi) is 5.21. The van der Waals surface area contributed by atoms with Gasteiger partial charge >= 0.3 is 0 Å². The number of nitrogens with two attached hydrogens (primary N) is 1. The molecule has 1 fully saturated rings. The average molecular weight is 330 g/mol. The molecule has 24 heavy (non-hydrogen) atoms. The third-order valence-electron chi connectivity index (χ3n) is 4.79. The van der Waals surface area contributed by atoms with Crippen molar-refractivity contribution in [1.82, 2.24) is 4.90 Å². The molecule has 0 bridgehead atoms. The van der Waals surface area contributed by atoms with Gasteiger partial charge in [0, 0.05) is 30.6 Å². The molecular formula is C19H26N2O3. The van der Waals surface area contributed by atoms with Gasteiger partial charge in [-0.2, -0.15) is 0 Å². The summed E-state index contributed by atoms with van der Waals surface area (Å²) in [6, 6.07) is 6.01. The standard InChI is InChI=1S/C19H26N2O3/c1-13-5-3-6-16-14(2)18(24-17(13)16)19(22)21-10-7-15(8-11-21)23-12-4-9-20/h3,5-6,15H,4,7-12,20H2,1-2H3. The fourth-order valence-corrected chi connectivity index (χ4v) is 3.29. The minimum absolute atomic E-state index is 0.0106. The van der Waals surface area contributed by atoms with E-state index in [4.69, 9.17) is 14.9 Å². The first kappa shape index (κ1) is 17.0. The molecule has 0 radical (unpaired) electrons. The van der Waals surface area contributed by atoms with Crippen molar-refractivity contribution in [2.75, 3.05) is 26.2 Å². The second-order valence-corrected chi connectivity index (χ2v) is 6.51. The van der Waals surface area contributed by atoms with Crippen molar-refractivity contribution in [2.45, 2.75) is 39.2 Å². The molecule has 0 aliphatic carbocycles. The van der Waals surface area contributed by atoms with Crippen LogP contribution in [0.2, 0.25) is 0 Å². The zero-order chi connectivity index (χ0) is 17.1. The van der Waals surface area contributed by atoms with E-state index >= 15 is 0 Å². The smallest absolute Gasteiger partial charge is 0.289 e. The van der Waals surface area contributed by atoms with Crippen LogP contribution >= 0.6 is 0 Å². The van der Waals surface area contributed by atoms with Crippen molar-refractivity contribution in [3.63, 3.8) is 0 Å². The van der Waals surface area contributed by atoms with Crippen LogP contribution in [0.5, 0.6) is 0 Å². The molecule has 1 aromatic heterocycles. The lowest BCUT2D eigenvalue weighted by Gasteiger charge is -2.31. The van der Waals surface area contributed by atoms with E-state index in [0.717, 1.165) is 41.4 Å². The molecular weight excluding hydrogens is 304 g/mol. The van der Waals surface area contributed by atoms with Gasteiger partial charge in [-0.25, -0.2) is 0 Å². The number of nitrogens with zero attached hydrogens (tertiary/aromatic N) is 1. The van der Waals surface area contributed by atoms with E-state index in [1.807, 2.05) is 36.9 Å². The third-order valence-corrected chi connectivity index (χ3v) is 4.79. The number of hydrogen-bond acceptors (Lipinski definition) is 4. The first-order valence-corrected chi connectivity index (χ1v) is 8.71. The Bertz CT molecular complexity index is 715. The number of para-hydroxylation sites is 1. The Morgan fingerprint density at radius 3 is 2.75 bits per heavy atom. The predicted octanol–water partition coefficient (Wildman–Crippen LogP) is 3.02. The lowest BCUT2D eigenvalue weighted by molar-refractivity contribution is 0.00767. The van der Waals surface area contributed by atoms with Gasteiger partial charge in [0.1, 0.15) is 5.58 Å². The van der Waals surface area contributed by atoms with Gasteiger partial charge in [0.15, 0.2) is 5.76 Å². The van der Waals surface area contributed by atoms with Crippen LogP contribution in [0.1, 0.15) is 40.9 Å². The number of fused-ring (bicyclic) bond motifs is 1. The topological polar surface area (TPSA) is 68.7 Å². The average Bonchev–Trinajstić information content (AvgIpc) is 2.94. The second kappa shape index (κ2) is 7.36. The highest BCUT2D eigenvalue weighted by molar-refractivity contribution is 5.99. The number of carbonyl (C=O) groups excluding carboxylic acids is 1. The quantitative estimate of drug-likeness (QED) is 0.856. The molecule has 3 rings (SSSR count). The van der Waals surface area contributed by atoms with Crippen molar-refractivity contribution in [2.24, 2.45) is 5.73 Å². The number of rotatable bonds is 5. The van der Waals surface area contributed by atoms with Gasteiger partial charge in [0.25, 0.3) is 5.91 Å². The molecule has 5 heteroatoms. The summed E-state index contributed by atoms with van der Waals surface area (Å²) < 4.78 is 11.7. The van der Waals surface area contributed by atoms with Gasteiger partial charge in [-0.1, -0.05) is 18.2 Å². The fourth-order valence-electron chi connectivity index (χ4n) is 3.29. The molecule has 2 aromatic rings. The first-order chi connectivity index (χ1) is 11.6. The molecule has 2 N–H and O–H groups in total. The van der Waals surface area contributed by atoms with E-state index in [-0.39, 0.29) is 12.0 Å². The molecule has 2 heterocycles. The Balaban J connectivity index is 1.68. The number of ether oxygens (including phenoxy) is 1. The van der Waals surface area contributed by atoms with Gasteiger partial charge in [-0.3, -0.25) is 4.79 Å². The molecule has 1 aromatic carbocycles. The van der Waals surface area contributed by atoms with Gasteiger partial charge < -0.3 is 19.8 Å². The highest BCUT2D eigenvalue weighted by atomic mass is 16.5. The van der Waals surface area contributed by atoms with E-state index in [1.54, 1.807) is 0 Å². The molecule has 1 aliphatic rings. The molecule has 0 unspecified atom stereocenters. The molecule has 1 amide bonds. The highest BCUT2D eigenvalue weighted by Gasteiger charge is 2.28. The maximum Gasteiger partial charge on any atom is 0.289 e. The van der Waals surface area contributed by atoms with Crippen LogP contribution in [-0.2, 0) is 4.74 Å². The molecule has 1 saturated heterocycles. The number of hydrogen-bond donors (Lipinski definition) is 1. The fraction of sp³-hybridized carbons (Fsp3) is 0.526. The van der Waals surface area contributed by atoms with Crippen molar-refractivity contribution >= 4 is 16.9 Å². The van der Waals surface area contributed by atoms with Crippen molar-refractivity contribution in [1.29, 1.82) is 0 Å². The number of aryl methyl sites for hydroxylation is 2. The maximum atomic E-state index is 12.8. The summed E-state index contributed by atoms with van der Waals surface area (Å²) >= 11 is 0. The second-order valence-electron chi connectivity index (χ2n) is 6.51. The first-order valence-electron chi connectivity index (χ1n) is 8.71. The number of benzene rings is 1. The third kappa shape index (κ3) is 3.32. The van der Waals surface area contributed by atoms with Crippen LogP contribution in [0.25, 0.3) is 11.0 Å². The monoisotopic (exact) mass is 330 g/mol. The Morgan fingerprint density at radius 1 is 1.33 bits per heavy atom. The summed E-state index contributed by atoms with van der Waals surface area (Å²) in [5, 5.41) is 1.03. The Hall–Kier alpha value is -1.85. The van der Waals surface area contributed by atoms with E-state index in [9.17, 15) is 4.79 Å². The normalized spacial score (nSPS) is 16.0. The van der Waals surface area contributed by atoms with Crippen LogP contribution in [0.3, 0.4) is 0 Å². The van der Waals surface area contributed by atoms with Crippen LogP contribution in [0, 0.1) is 13.8 Å². The van der Waals surface area contributed by atoms with E-state index in [0.29, 0.717) is 32.0 Å². The number of furan rings is 1. The van der Waals surface area contributed by atoms with E-state index < -0.39 is 0 Å². The van der Waals surface area contributed by atoms with Crippen LogP contribution in [-0.4, -0.2) is 43.2 Å². The van der Waals surface area contributed by atoms with Gasteiger partial charge in [-0.15, -0.1) is 0 Å². The summed E-state index contributed by atoms with van der Waals surface area (Å²) in [6.45, 7) is 6.74. The highest BCUT2D eigenvalue weighted by Crippen LogP contribution is 2.29. The molecule has 130 valence electrons. The van der Waals surface area contributed by atoms with Gasteiger partial charge in [-0.05, 0) is 45.2 Å². The number of piperidine rings is 1. The number of carbonyl (C=O) groups is 1. The number of amides is 1. The minimum atomic E-state index is -0.0106. The summed E-state index contributed by atoms with van der Waals surface area (Å²) in [5.74, 6) is 0.463. The van der Waals surface area contributed by atoms with Crippen LogP contribution in [0.4, 0.5) is 0 Å². The van der Waals surface area contributed by atoms with Crippen molar-refractivity contribution in [3.8, 4) is 0 Å². The largest absolute Gasteiger partial charge is 0.450 e. The van der Waals surface area contributed by atoms with E-state index in [2.05, 4.69) is 0 Å². The molecule has 0 spiro atoms. The summed E-state index contributed by atoms with van der Waals surface area (Å²) in [5.41, 5.74) is 8.29. The zero-order valence-electron chi connectivity index (χ0n) is 14.5. The predicted molar refractivity (Wildman–Crippen MR) is 94.2 cm³/mol. The van der Waals surface area contributed by atoms with Crippen molar-refractivity contribution < 1.29 is 13.9 Å². The summed E-state index contributed by atoms with van der Waals surface area (Å²) in [4.78, 5) is 14.7. The minimum Gasteiger partial charge on any atom is -0.450 e. The summed E-state index contributed by atoms with van der Waals surface area (Å²) in [6.07, 6.45) is 2.86. The summed E-state index contributed by atoms with van der Waals surface area (Å²) in [7, 11) is 0. The Morgan fingerprint density at radius 2 is 2.08 bits per heavy atom. The van der Waals surface area contributed by atoms with E-state index in [1.165, 1.54) is 0 Å². The molecule has 0 atom stereocenters.